The van der Waals surface area contributed by atoms with Gasteiger partial charge in [0.2, 0.25) is 0 Å². The van der Waals surface area contributed by atoms with Crippen LogP contribution in [0.3, 0.4) is 0 Å². The molecule has 0 saturated carbocycles. The molecule has 0 fully saturated rings. The molecule has 2 aromatic rings. The van der Waals surface area contributed by atoms with Crippen LogP contribution in [0.1, 0.15) is 21.5 Å². The first kappa shape index (κ1) is 15.0. The number of ether oxygens (including phenoxy) is 1. The highest BCUT2D eigenvalue weighted by Crippen LogP contribution is 2.35. The average Bonchev–Trinajstić information content (AvgIpc) is 2.41. The Bertz CT molecular complexity index is 678. The van der Waals surface area contributed by atoms with Crippen molar-refractivity contribution < 1.29 is 27.1 Å². The Balaban J connectivity index is 2.39. The summed E-state index contributed by atoms with van der Waals surface area (Å²) in [6.07, 6.45) is -4.52. The van der Waals surface area contributed by atoms with Crippen LogP contribution in [-0.2, 0) is 6.18 Å². The van der Waals surface area contributed by atoms with Crippen LogP contribution in [0, 0.1) is 12.7 Å². The van der Waals surface area contributed by atoms with Crippen molar-refractivity contribution >= 4 is 6.29 Å². The zero-order valence-corrected chi connectivity index (χ0v) is 10.9. The van der Waals surface area contributed by atoms with Crippen molar-refractivity contribution in [2.75, 3.05) is 0 Å². The maximum atomic E-state index is 13.0. The van der Waals surface area contributed by atoms with Gasteiger partial charge < -0.3 is 4.74 Å². The lowest BCUT2D eigenvalue weighted by molar-refractivity contribution is -0.137. The Kier molecular flexibility index (Phi) is 3.97. The smallest absolute Gasteiger partial charge is 0.417 e. The first-order valence-corrected chi connectivity index (χ1v) is 5.91. The molecule has 0 unspecified atom stereocenters. The van der Waals surface area contributed by atoms with Crippen molar-refractivity contribution in [3.63, 3.8) is 0 Å². The van der Waals surface area contributed by atoms with Crippen LogP contribution >= 0.6 is 0 Å². The van der Waals surface area contributed by atoms with E-state index in [2.05, 4.69) is 0 Å². The molecule has 0 amide bonds. The normalized spacial score (nSPS) is 11.3. The molecule has 0 atom stereocenters. The quantitative estimate of drug-likeness (QED) is 0.603. The van der Waals surface area contributed by atoms with Crippen molar-refractivity contribution in [1.82, 2.24) is 0 Å². The molecule has 0 bridgehead atoms. The number of aryl methyl sites for hydroxylation is 1. The molecule has 0 aliphatic rings. The van der Waals surface area contributed by atoms with Crippen LogP contribution in [0.5, 0.6) is 11.5 Å². The van der Waals surface area contributed by atoms with E-state index in [1.165, 1.54) is 18.2 Å². The average molecular weight is 298 g/mol. The minimum Gasteiger partial charge on any atom is -0.457 e. The first-order chi connectivity index (χ1) is 9.81. The van der Waals surface area contributed by atoms with Gasteiger partial charge >= 0.3 is 6.18 Å². The summed E-state index contributed by atoms with van der Waals surface area (Å²) in [5, 5.41) is 0. The number of rotatable bonds is 3. The van der Waals surface area contributed by atoms with Gasteiger partial charge in [-0.15, -0.1) is 0 Å². The largest absolute Gasteiger partial charge is 0.457 e. The van der Waals surface area contributed by atoms with Crippen molar-refractivity contribution in [2.24, 2.45) is 0 Å². The summed E-state index contributed by atoms with van der Waals surface area (Å²) in [5.74, 6) is -0.307. The number of aldehydes is 1. The van der Waals surface area contributed by atoms with Crippen LogP contribution in [0.15, 0.2) is 36.4 Å². The van der Waals surface area contributed by atoms with Crippen LogP contribution < -0.4 is 4.74 Å². The van der Waals surface area contributed by atoms with Gasteiger partial charge in [0.1, 0.15) is 17.3 Å². The maximum absolute atomic E-state index is 13.0. The van der Waals surface area contributed by atoms with Gasteiger partial charge in [0.15, 0.2) is 6.29 Å². The zero-order chi connectivity index (χ0) is 15.6. The van der Waals surface area contributed by atoms with E-state index in [1.54, 1.807) is 6.92 Å². The van der Waals surface area contributed by atoms with Gasteiger partial charge in [0.05, 0.1) is 5.56 Å². The van der Waals surface area contributed by atoms with Crippen LogP contribution in [0.2, 0.25) is 0 Å². The van der Waals surface area contributed by atoms with E-state index < -0.39 is 23.1 Å². The van der Waals surface area contributed by atoms with E-state index >= 15 is 0 Å². The molecular weight excluding hydrogens is 288 g/mol. The molecule has 2 aromatic carbocycles. The molecule has 0 saturated heterocycles. The summed E-state index contributed by atoms with van der Waals surface area (Å²) in [4.78, 5) is 10.7. The van der Waals surface area contributed by atoms with E-state index in [4.69, 9.17) is 4.74 Å². The fourth-order valence-electron chi connectivity index (χ4n) is 1.80. The number of carbonyl (C=O) groups is 1. The minimum absolute atomic E-state index is 0.0809. The Morgan fingerprint density at radius 2 is 1.81 bits per heavy atom. The summed E-state index contributed by atoms with van der Waals surface area (Å²) in [7, 11) is 0. The Hall–Kier alpha value is -2.37. The van der Waals surface area contributed by atoms with Crippen molar-refractivity contribution in [3.8, 4) is 11.5 Å². The Labute approximate surface area is 118 Å². The summed E-state index contributed by atoms with van der Waals surface area (Å²) in [6, 6.07) is 6.70. The topological polar surface area (TPSA) is 26.3 Å². The van der Waals surface area contributed by atoms with E-state index in [0.29, 0.717) is 5.56 Å². The predicted octanol–water partition coefficient (Wildman–Crippen LogP) is 4.76. The number of hydrogen-bond acceptors (Lipinski definition) is 2. The fourth-order valence-corrected chi connectivity index (χ4v) is 1.80. The third kappa shape index (κ3) is 3.39. The molecule has 2 nitrogen and oxygen atoms in total. The Morgan fingerprint density at radius 3 is 2.38 bits per heavy atom. The third-order valence-corrected chi connectivity index (χ3v) is 2.82. The highest BCUT2D eigenvalue weighted by Gasteiger charge is 2.33. The number of alkyl halides is 3. The summed E-state index contributed by atoms with van der Waals surface area (Å²) in [6.45, 7) is 1.57. The monoisotopic (exact) mass is 298 g/mol. The second kappa shape index (κ2) is 5.55. The van der Waals surface area contributed by atoms with Gasteiger partial charge in [-0.3, -0.25) is 4.79 Å². The van der Waals surface area contributed by atoms with Crippen molar-refractivity contribution in [1.29, 1.82) is 0 Å². The summed E-state index contributed by atoms with van der Waals surface area (Å²) < 4.78 is 56.7. The zero-order valence-electron chi connectivity index (χ0n) is 10.9. The number of hydrogen-bond donors (Lipinski definition) is 0. The van der Waals surface area contributed by atoms with Crippen molar-refractivity contribution in [2.45, 2.75) is 13.1 Å². The summed E-state index contributed by atoms with van der Waals surface area (Å²) in [5.41, 5.74) is -1.09. The molecule has 0 aromatic heterocycles. The van der Waals surface area contributed by atoms with Gasteiger partial charge in [-0.2, -0.15) is 13.2 Å². The van der Waals surface area contributed by atoms with E-state index in [0.717, 1.165) is 18.2 Å². The molecule has 0 N–H and O–H groups in total. The molecule has 110 valence electrons. The van der Waals surface area contributed by atoms with E-state index in [-0.39, 0.29) is 17.8 Å². The second-order valence-corrected chi connectivity index (χ2v) is 4.38. The minimum atomic E-state index is -4.66. The molecule has 21 heavy (non-hydrogen) atoms. The van der Waals surface area contributed by atoms with Gasteiger partial charge in [-0.05, 0) is 48.9 Å². The lowest BCUT2D eigenvalue weighted by Crippen LogP contribution is -2.09. The van der Waals surface area contributed by atoms with Crippen LogP contribution in [-0.4, -0.2) is 6.29 Å². The lowest BCUT2D eigenvalue weighted by atomic mass is 10.1. The van der Waals surface area contributed by atoms with Gasteiger partial charge in [-0.25, -0.2) is 4.39 Å². The second-order valence-electron chi connectivity index (χ2n) is 4.38. The number of carbonyl (C=O) groups excluding carboxylic acids is 1. The van der Waals surface area contributed by atoms with Gasteiger partial charge in [-0.1, -0.05) is 0 Å². The van der Waals surface area contributed by atoms with E-state index in [9.17, 15) is 22.4 Å². The molecule has 0 heterocycles. The van der Waals surface area contributed by atoms with Gasteiger partial charge in [0.25, 0.3) is 0 Å². The van der Waals surface area contributed by atoms with Gasteiger partial charge in [0, 0.05) is 5.56 Å². The molecule has 0 aliphatic heterocycles. The van der Waals surface area contributed by atoms with E-state index in [1.807, 2.05) is 0 Å². The molecule has 0 aliphatic carbocycles. The predicted molar refractivity (Wildman–Crippen MR) is 68.0 cm³/mol. The fraction of sp³-hybridized carbons (Fsp3) is 0.133. The molecule has 6 heteroatoms. The highest BCUT2D eigenvalue weighted by atomic mass is 19.4. The summed E-state index contributed by atoms with van der Waals surface area (Å²) >= 11 is 0. The number of benzene rings is 2. The number of halogens is 4. The van der Waals surface area contributed by atoms with Crippen LogP contribution in [0.25, 0.3) is 0 Å². The first-order valence-electron chi connectivity index (χ1n) is 5.91. The SMILES string of the molecule is Cc1cc(F)ccc1Oc1ccc(C=O)c(C(F)(F)F)c1. The molecular formula is C15H10F4O2. The standard InChI is InChI=1S/C15H10F4O2/c1-9-6-11(16)3-5-14(9)21-12-4-2-10(8-20)13(7-12)15(17,18)19/h2-8H,1H3. The highest BCUT2D eigenvalue weighted by molar-refractivity contribution is 5.78. The Morgan fingerprint density at radius 1 is 1.10 bits per heavy atom. The van der Waals surface area contributed by atoms with Crippen LogP contribution in [0.4, 0.5) is 17.6 Å². The third-order valence-electron chi connectivity index (χ3n) is 2.82. The van der Waals surface area contributed by atoms with Crippen molar-refractivity contribution in [3.05, 3.63) is 58.9 Å². The molecule has 2 rings (SSSR count). The lowest BCUT2D eigenvalue weighted by Gasteiger charge is -2.13. The molecule has 0 spiro atoms. The maximum Gasteiger partial charge on any atom is 0.417 e. The molecule has 0 radical (unpaired) electrons.